The Labute approximate surface area is 180 Å². The number of carbonyl (C=O) groups excluding carboxylic acids is 2. The standard InChI is InChI=1S/C27H20O4/c28-23-15-11-21(12-16-23)27(22-13-17-24(29)18-14-22,25(30)19-7-3-1-4-8-19)26(31)20-9-5-2-6-10-20/h1-18,28-29H. The zero-order valence-electron chi connectivity index (χ0n) is 16.6. The van der Waals surface area contributed by atoms with Crippen molar-refractivity contribution in [2.75, 3.05) is 0 Å². The molecule has 0 unspecified atom stereocenters. The molecule has 4 nitrogen and oxygen atoms in total. The van der Waals surface area contributed by atoms with Gasteiger partial charge in [0.25, 0.3) is 0 Å². The van der Waals surface area contributed by atoms with E-state index < -0.39 is 17.0 Å². The van der Waals surface area contributed by atoms with Gasteiger partial charge in [-0.05, 0) is 35.4 Å². The van der Waals surface area contributed by atoms with Crippen LogP contribution in [0.1, 0.15) is 31.8 Å². The van der Waals surface area contributed by atoms with Crippen LogP contribution in [0, 0.1) is 0 Å². The van der Waals surface area contributed by atoms with Gasteiger partial charge in [0.05, 0.1) is 0 Å². The summed E-state index contributed by atoms with van der Waals surface area (Å²) in [5, 5.41) is 19.7. The van der Waals surface area contributed by atoms with E-state index in [9.17, 15) is 19.8 Å². The van der Waals surface area contributed by atoms with Gasteiger partial charge in [0.2, 0.25) is 0 Å². The summed E-state index contributed by atoms with van der Waals surface area (Å²) in [6.45, 7) is 0. The number of hydrogen-bond donors (Lipinski definition) is 2. The van der Waals surface area contributed by atoms with Crippen molar-refractivity contribution in [1.82, 2.24) is 0 Å². The van der Waals surface area contributed by atoms with Gasteiger partial charge in [-0.2, -0.15) is 0 Å². The van der Waals surface area contributed by atoms with Crippen molar-refractivity contribution >= 4 is 11.6 Å². The molecule has 0 radical (unpaired) electrons. The molecule has 0 heterocycles. The minimum atomic E-state index is -1.70. The number of Topliss-reactive ketones (excluding diaryl/α,β-unsaturated/α-hetero) is 2. The molecule has 0 saturated heterocycles. The summed E-state index contributed by atoms with van der Waals surface area (Å²) in [4.78, 5) is 28.2. The average Bonchev–Trinajstić information content (AvgIpc) is 2.82. The fraction of sp³-hybridized carbons (Fsp3) is 0.0370. The molecule has 152 valence electrons. The van der Waals surface area contributed by atoms with E-state index in [0.29, 0.717) is 22.3 Å². The lowest BCUT2D eigenvalue weighted by atomic mass is 9.65. The summed E-state index contributed by atoms with van der Waals surface area (Å²) >= 11 is 0. The number of aromatic hydroxyl groups is 2. The van der Waals surface area contributed by atoms with E-state index in [4.69, 9.17) is 0 Å². The van der Waals surface area contributed by atoms with E-state index in [1.807, 2.05) is 0 Å². The highest BCUT2D eigenvalue weighted by Crippen LogP contribution is 2.40. The van der Waals surface area contributed by atoms with E-state index >= 15 is 0 Å². The summed E-state index contributed by atoms with van der Waals surface area (Å²) < 4.78 is 0. The van der Waals surface area contributed by atoms with Crippen molar-refractivity contribution in [3.63, 3.8) is 0 Å². The number of benzene rings is 4. The minimum absolute atomic E-state index is 0.0303. The lowest BCUT2D eigenvalue weighted by Gasteiger charge is -2.32. The maximum absolute atomic E-state index is 14.1. The molecule has 4 rings (SSSR count). The maximum Gasteiger partial charge on any atom is 0.185 e. The third-order valence-corrected chi connectivity index (χ3v) is 5.35. The molecule has 0 bridgehead atoms. The van der Waals surface area contributed by atoms with Gasteiger partial charge in [-0.15, -0.1) is 0 Å². The van der Waals surface area contributed by atoms with E-state index in [1.165, 1.54) is 24.3 Å². The Bertz CT molecular complexity index is 1100. The fourth-order valence-corrected chi connectivity index (χ4v) is 3.83. The highest BCUT2D eigenvalue weighted by atomic mass is 16.3. The number of hydrogen-bond acceptors (Lipinski definition) is 4. The van der Waals surface area contributed by atoms with Gasteiger partial charge in [0.15, 0.2) is 11.6 Å². The lowest BCUT2D eigenvalue weighted by Crippen LogP contribution is -2.45. The minimum Gasteiger partial charge on any atom is -0.508 e. The summed E-state index contributed by atoms with van der Waals surface area (Å²) in [6.07, 6.45) is 0. The molecule has 0 aliphatic carbocycles. The Balaban J connectivity index is 2.07. The highest BCUT2D eigenvalue weighted by Gasteiger charge is 2.49. The van der Waals surface area contributed by atoms with Crippen molar-refractivity contribution in [3.05, 3.63) is 131 Å². The molecule has 0 saturated carbocycles. The van der Waals surface area contributed by atoms with E-state index in [0.717, 1.165) is 0 Å². The maximum atomic E-state index is 14.1. The molecule has 4 aromatic carbocycles. The zero-order chi connectivity index (χ0) is 21.8. The Morgan fingerprint density at radius 3 is 1.13 bits per heavy atom. The number of phenols is 2. The molecular weight excluding hydrogens is 388 g/mol. The first-order valence-corrected chi connectivity index (χ1v) is 9.82. The Hall–Kier alpha value is -4.18. The smallest absolute Gasteiger partial charge is 0.185 e. The van der Waals surface area contributed by atoms with Gasteiger partial charge in [0.1, 0.15) is 16.9 Å². The second kappa shape index (κ2) is 8.28. The largest absolute Gasteiger partial charge is 0.508 e. The highest BCUT2D eigenvalue weighted by molar-refractivity contribution is 6.26. The quantitative estimate of drug-likeness (QED) is 0.342. The number of rotatable bonds is 6. The fourth-order valence-electron chi connectivity index (χ4n) is 3.83. The Morgan fingerprint density at radius 1 is 0.484 bits per heavy atom. The number of phenolic OH excluding ortho intramolecular Hbond substituents is 2. The van der Waals surface area contributed by atoms with Crippen LogP contribution in [0.15, 0.2) is 109 Å². The van der Waals surface area contributed by atoms with E-state index in [-0.39, 0.29) is 11.5 Å². The van der Waals surface area contributed by atoms with Crippen LogP contribution < -0.4 is 0 Å². The molecule has 2 N–H and O–H groups in total. The summed E-state index contributed by atoms with van der Waals surface area (Å²) in [7, 11) is 0. The monoisotopic (exact) mass is 408 g/mol. The lowest BCUT2D eigenvalue weighted by molar-refractivity contribution is 0.0797. The van der Waals surface area contributed by atoms with Crippen LogP contribution in [-0.2, 0) is 5.41 Å². The number of ketones is 2. The molecule has 0 aliphatic heterocycles. The van der Waals surface area contributed by atoms with Gasteiger partial charge < -0.3 is 10.2 Å². The Morgan fingerprint density at radius 2 is 0.806 bits per heavy atom. The van der Waals surface area contributed by atoms with Crippen molar-refractivity contribution in [3.8, 4) is 11.5 Å². The first-order valence-electron chi connectivity index (χ1n) is 9.82. The second-order valence-electron chi connectivity index (χ2n) is 7.23. The third-order valence-electron chi connectivity index (χ3n) is 5.35. The molecule has 4 heteroatoms. The van der Waals surface area contributed by atoms with Crippen LogP contribution in [-0.4, -0.2) is 21.8 Å². The van der Waals surface area contributed by atoms with Crippen LogP contribution in [0.5, 0.6) is 11.5 Å². The Kier molecular flexibility index (Phi) is 5.37. The topological polar surface area (TPSA) is 74.6 Å². The van der Waals surface area contributed by atoms with Crippen LogP contribution in [0.25, 0.3) is 0 Å². The third kappa shape index (κ3) is 3.60. The molecule has 31 heavy (non-hydrogen) atoms. The molecule has 0 aromatic heterocycles. The predicted octanol–water partition coefficient (Wildman–Crippen LogP) is 5.15. The van der Waals surface area contributed by atoms with Gasteiger partial charge in [0, 0.05) is 11.1 Å². The molecule has 0 spiro atoms. The normalized spacial score (nSPS) is 11.1. The number of carbonyl (C=O) groups is 2. The summed E-state index contributed by atoms with van der Waals surface area (Å²) in [5.74, 6) is -0.720. The van der Waals surface area contributed by atoms with E-state index in [1.54, 1.807) is 84.9 Å². The van der Waals surface area contributed by atoms with Crippen molar-refractivity contribution in [2.45, 2.75) is 5.41 Å². The van der Waals surface area contributed by atoms with Crippen LogP contribution >= 0.6 is 0 Å². The second-order valence-corrected chi connectivity index (χ2v) is 7.23. The van der Waals surface area contributed by atoms with Crippen LogP contribution in [0.4, 0.5) is 0 Å². The molecule has 4 aromatic rings. The van der Waals surface area contributed by atoms with Crippen molar-refractivity contribution < 1.29 is 19.8 Å². The molecule has 0 aliphatic rings. The van der Waals surface area contributed by atoms with Gasteiger partial charge in [-0.3, -0.25) is 9.59 Å². The van der Waals surface area contributed by atoms with Crippen LogP contribution in [0.2, 0.25) is 0 Å². The SMILES string of the molecule is O=C(c1ccccc1)C(C(=O)c1ccccc1)(c1ccc(O)cc1)c1ccc(O)cc1. The molecule has 0 amide bonds. The van der Waals surface area contributed by atoms with Crippen molar-refractivity contribution in [1.29, 1.82) is 0 Å². The molecule has 0 fully saturated rings. The van der Waals surface area contributed by atoms with Crippen LogP contribution in [0.3, 0.4) is 0 Å². The predicted molar refractivity (Wildman–Crippen MR) is 119 cm³/mol. The van der Waals surface area contributed by atoms with Gasteiger partial charge in [-0.1, -0.05) is 84.9 Å². The van der Waals surface area contributed by atoms with Gasteiger partial charge in [-0.25, -0.2) is 0 Å². The van der Waals surface area contributed by atoms with Gasteiger partial charge >= 0.3 is 0 Å². The zero-order valence-corrected chi connectivity index (χ0v) is 16.6. The van der Waals surface area contributed by atoms with E-state index in [2.05, 4.69) is 0 Å². The average molecular weight is 408 g/mol. The first kappa shape index (κ1) is 20.1. The summed E-state index contributed by atoms with van der Waals surface area (Å²) in [6, 6.07) is 29.5. The van der Waals surface area contributed by atoms with Crippen molar-refractivity contribution in [2.24, 2.45) is 0 Å². The molecule has 0 atom stereocenters. The summed E-state index contributed by atoms with van der Waals surface area (Å²) in [5.41, 5.74) is -0.0809. The first-order chi connectivity index (χ1) is 15.0. The molecular formula is C27H20O4.